The third-order valence-corrected chi connectivity index (χ3v) is 2.24. The molecule has 1 saturated heterocycles. The lowest BCUT2D eigenvalue weighted by atomic mass is 10.4. The second kappa shape index (κ2) is 5.63. The number of aromatic nitrogens is 2. The van der Waals surface area contributed by atoms with E-state index in [9.17, 15) is 0 Å². The Balaban J connectivity index is 1.66. The van der Waals surface area contributed by atoms with Gasteiger partial charge < -0.3 is 9.47 Å². The van der Waals surface area contributed by atoms with E-state index in [1.54, 1.807) is 12.3 Å². The molecule has 1 fully saturated rings. The smallest absolute Gasteiger partial charge is 0.316 e. The summed E-state index contributed by atoms with van der Waals surface area (Å²) in [4.78, 5) is 10.1. The molecule has 0 atom stereocenters. The fraction of sp³-hybridized carbons (Fsp3) is 0.600. The molecule has 81 valence electrons. The summed E-state index contributed by atoms with van der Waals surface area (Å²) < 4.78 is 10.6. The molecule has 5 heteroatoms. The second-order valence-electron chi connectivity index (χ2n) is 3.27. The van der Waals surface area contributed by atoms with Gasteiger partial charge in [-0.1, -0.05) is 0 Å². The fourth-order valence-electron chi connectivity index (χ4n) is 1.42. The zero-order valence-electron chi connectivity index (χ0n) is 8.56. The van der Waals surface area contributed by atoms with Crippen LogP contribution in [0.15, 0.2) is 12.3 Å². The first-order valence-electron chi connectivity index (χ1n) is 5.07. The van der Waals surface area contributed by atoms with Crippen LogP contribution >= 0.6 is 0 Å². The molecule has 15 heavy (non-hydrogen) atoms. The van der Waals surface area contributed by atoms with Crippen molar-refractivity contribution < 1.29 is 9.47 Å². The SMILES string of the molecule is [c]1ccnc(OCCN2CCOCC2)n1. The maximum Gasteiger partial charge on any atom is 0.316 e. The van der Waals surface area contributed by atoms with Gasteiger partial charge in [-0.3, -0.25) is 4.90 Å². The van der Waals surface area contributed by atoms with Crippen LogP contribution in [0, 0.1) is 6.20 Å². The molecule has 1 aromatic heterocycles. The van der Waals surface area contributed by atoms with Crippen LogP contribution < -0.4 is 4.74 Å². The van der Waals surface area contributed by atoms with E-state index in [-0.39, 0.29) is 0 Å². The van der Waals surface area contributed by atoms with Crippen LogP contribution in [-0.2, 0) is 4.74 Å². The van der Waals surface area contributed by atoms with E-state index < -0.39 is 0 Å². The Morgan fingerprint density at radius 2 is 2.33 bits per heavy atom. The molecule has 0 N–H and O–H groups in total. The van der Waals surface area contributed by atoms with E-state index in [2.05, 4.69) is 21.1 Å². The summed E-state index contributed by atoms with van der Waals surface area (Å²) in [6, 6.07) is 2.04. The molecular formula is C10H14N3O2. The van der Waals surface area contributed by atoms with E-state index in [1.165, 1.54) is 0 Å². The fourth-order valence-corrected chi connectivity index (χ4v) is 1.42. The van der Waals surface area contributed by atoms with Crippen LogP contribution in [0.4, 0.5) is 0 Å². The van der Waals surface area contributed by atoms with Crippen LogP contribution in [-0.4, -0.2) is 54.3 Å². The molecule has 0 unspecified atom stereocenters. The number of nitrogens with zero attached hydrogens (tertiary/aromatic N) is 3. The van der Waals surface area contributed by atoms with Gasteiger partial charge in [0.25, 0.3) is 0 Å². The van der Waals surface area contributed by atoms with Crippen LogP contribution in [0.25, 0.3) is 0 Å². The summed E-state index contributed by atoms with van der Waals surface area (Å²) in [7, 11) is 0. The molecule has 0 aliphatic carbocycles. The number of morpholine rings is 1. The average Bonchev–Trinajstić information content (AvgIpc) is 2.32. The minimum Gasteiger partial charge on any atom is -0.462 e. The largest absolute Gasteiger partial charge is 0.462 e. The molecule has 1 aromatic rings. The van der Waals surface area contributed by atoms with E-state index in [4.69, 9.17) is 9.47 Å². The van der Waals surface area contributed by atoms with Gasteiger partial charge >= 0.3 is 6.01 Å². The van der Waals surface area contributed by atoms with Gasteiger partial charge in [0.1, 0.15) is 6.61 Å². The normalized spacial score (nSPS) is 17.6. The Morgan fingerprint density at radius 1 is 1.47 bits per heavy atom. The molecule has 0 amide bonds. The van der Waals surface area contributed by atoms with Gasteiger partial charge in [-0.2, -0.15) is 4.98 Å². The van der Waals surface area contributed by atoms with Crippen molar-refractivity contribution in [1.82, 2.24) is 14.9 Å². The lowest BCUT2D eigenvalue weighted by molar-refractivity contribution is 0.0317. The first-order chi connectivity index (χ1) is 7.45. The molecule has 0 spiro atoms. The molecule has 0 saturated carbocycles. The Labute approximate surface area is 89.0 Å². The van der Waals surface area contributed by atoms with E-state index in [0.29, 0.717) is 12.6 Å². The Hall–Kier alpha value is -1.20. The Morgan fingerprint density at radius 3 is 3.07 bits per heavy atom. The highest BCUT2D eigenvalue weighted by Gasteiger charge is 2.09. The highest BCUT2D eigenvalue weighted by atomic mass is 16.5. The predicted molar refractivity (Wildman–Crippen MR) is 53.6 cm³/mol. The maximum atomic E-state index is 5.37. The van der Waals surface area contributed by atoms with E-state index in [1.807, 2.05) is 0 Å². The van der Waals surface area contributed by atoms with Gasteiger partial charge in [0, 0.05) is 25.8 Å². The highest BCUT2D eigenvalue weighted by Crippen LogP contribution is 1.99. The minimum absolute atomic E-state index is 0.394. The van der Waals surface area contributed by atoms with Gasteiger partial charge in [0.05, 0.1) is 19.4 Å². The molecule has 1 aliphatic heterocycles. The Bertz CT molecular complexity index is 275. The third-order valence-electron chi connectivity index (χ3n) is 2.24. The van der Waals surface area contributed by atoms with Crippen molar-refractivity contribution in [3.05, 3.63) is 18.5 Å². The summed E-state index contributed by atoms with van der Waals surface area (Å²) in [5.41, 5.74) is 0. The minimum atomic E-state index is 0.394. The lowest BCUT2D eigenvalue weighted by Gasteiger charge is -2.26. The molecule has 0 bridgehead atoms. The molecule has 2 rings (SSSR count). The van der Waals surface area contributed by atoms with Crippen molar-refractivity contribution in [3.63, 3.8) is 0 Å². The first kappa shape index (κ1) is 10.3. The van der Waals surface area contributed by atoms with Gasteiger partial charge in [0.15, 0.2) is 0 Å². The highest BCUT2D eigenvalue weighted by molar-refractivity contribution is 4.91. The van der Waals surface area contributed by atoms with Crippen molar-refractivity contribution in [2.75, 3.05) is 39.5 Å². The number of hydrogen-bond donors (Lipinski definition) is 0. The summed E-state index contributed by atoms with van der Waals surface area (Å²) in [6.07, 6.45) is 4.30. The first-order valence-corrected chi connectivity index (χ1v) is 5.07. The zero-order valence-corrected chi connectivity index (χ0v) is 8.56. The van der Waals surface area contributed by atoms with Crippen molar-refractivity contribution in [2.45, 2.75) is 0 Å². The third kappa shape index (κ3) is 3.45. The van der Waals surface area contributed by atoms with Crippen molar-refractivity contribution in [3.8, 4) is 6.01 Å². The summed E-state index contributed by atoms with van der Waals surface area (Å²) in [5, 5.41) is 0. The van der Waals surface area contributed by atoms with Gasteiger partial charge in [0.2, 0.25) is 0 Å². The molecular weight excluding hydrogens is 194 g/mol. The molecule has 5 nitrogen and oxygen atoms in total. The average molecular weight is 208 g/mol. The summed E-state index contributed by atoms with van der Waals surface area (Å²) >= 11 is 0. The quantitative estimate of drug-likeness (QED) is 0.696. The Kier molecular flexibility index (Phi) is 3.87. The summed E-state index contributed by atoms with van der Waals surface area (Å²) in [6.45, 7) is 5.08. The molecule has 2 heterocycles. The zero-order chi connectivity index (χ0) is 10.3. The van der Waals surface area contributed by atoms with E-state index in [0.717, 1.165) is 32.8 Å². The van der Waals surface area contributed by atoms with Crippen molar-refractivity contribution >= 4 is 0 Å². The monoisotopic (exact) mass is 208 g/mol. The van der Waals surface area contributed by atoms with Gasteiger partial charge in [-0.25, -0.2) is 4.98 Å². The van der Waals surface area contributed by atoms with Gasteiger partial charge in [-0.05, 0) is 6.07 Å². The van der Waals surface area contributed by atoms with Crippen molar-refractivity contribution in [2.24, 2.45) is 0 Å². The topological polar surface area (TPSA) is 47.5 Å². The van der Waals surface area contributed by atoms with E-state index >= 15 is 0 Å². The van der Waals surface area contributed by atoms with Crippen LogP contribution in [0.3, 0.4) is 0 Å². The van der Waals surface area contributed by atoms with Crippen LogP contribution in [0.1, 0.15) is 0 Å². The number of ether oxygens (including phenoxy) is 2. The maximum absolute atomic E-state index is 5.37. The second-order valence-corrected chi connectivity index (χ2v) is 3.27. The number of rotatable bonds is 4. The molecule has 0 aromatic carbocycles. The lowest BCUT2D eigenvalue weighted by Crippen LogP contribution is -2.38. The van der Waals surface area contributed by atoms with Crippen LogP contribution in [0.5, 0.6) is 6.01 Å². The number of hydrogen-bond acceptors (Lipinski definition) is 5. The molecule has 1 radical (unpaired) electrons. The standard InChI is InChI=1S/C10H14N3O2/c1-2-11-10(12-3-1)15-9-6-13-4-7-14-8-5-13/h1-2H,4-9H2. The summed E-state index contributed by atoms with van der Waals surface area (Å²) in [5.74, 6) is 0. The molecule has 1 aliphatic rings. The predicted octanol–water partition coefficient (Wildman–Crippen LogP) is -0.0122. The van der Waals surface area contributed by atoms with Gasteiger partial charge in [-0.15, -0.1) is 0 Å². The van der Waals surface area contributed by atoms with Crippen molar-refractivity contribution in [1.29, 1.82) is 0 Å². The van der Waals surface area contributed by atoms with Crippen LogP contribution in [0.2, 0.25) is 0 Å².